The largest absolute Gasteiger partial charge is 0.458 e. The third kappa shape index (κ3) is 7.00. The topological polar surface area (TPSA) is 88.6 Å². The molecule has 2 heterocycles. The van der Waals surface area contributed by atoms with Crippen LogP contribution in [0.3, 0.4) is 0 Å². The number of benzene rings is 1. The number of hydrogen-bond donors (Lipinski definition) is 1. The number of hydrogen-bond acceptors (Lipinski definition) is 6. The first kappa shape index (κ1) is 31.5. The molecule has 218 valence electrons. The lowest BCUT2D eigenvalue weighted by atomic mass is 9.85. The molecule has 1 aliphatic heterocycles. The molecule has 0 saturated heterocycles. The van der Waals surface area contributed by atoms with Gasteiger partial charge in [-0.05, 0) is 68.2 Å². The first-order chi connectivity index (χ1) is 18.5. The minimum absolute atomic E-state index is 0.0114. The van der Waals surface area contributed by atoms with Crippen molar-refractivity contribution >= 4 is 29.1 Å². The van der Waals surface area contributed by atoms with E-state index in [0.717, 1.165) is 5.56 Å². The van der Waals surface area contributed by atoms with E-state index in [4.69, 9.17) is 4.74 Å². The van der Waals surface area contributed by atoms with Crippen molar-refractivity contribution in [3.63, 3.8) is 0 Å². The van der Waals surface area contributed by atoms with Crippen LogP contribution in [0.5, 0.6) is 0 Å². The maximum atomic E-state index is 14.5. The molecule has 1 aliphatic rings. The Morgan fingerprint density at radius 1 is 1.02 bits per heavy atom. The molecule has 0 spiro atoms. The average molecular weight is 568 g/mol. The predicted octanol–water partition coefficient (Wildman–Crippen LogP) is 6.46. The summed E-state index contributed by atoms with van der Waals surface area (Å²) in [7, 11) is 0. The maximum Gasteiger partial charge on any atom is 0.336 e. The van der Waals surface area contributed by atoms with Gasteiger partial charge in [0.25, 0.3) is 5.91 Å². The number of amides is 2. The van der Waals surface area contributed by atoms with Crippen molar-refractivity contribution in [3.8, 4) is 0 Å². The van der Waals surface area contributed by atoms with Gasteiger partial charge in [0, 0.05) is 29.3 Å². The maximum absolute atomic E-state index is 14.5. The Morgan fingerprint density at radius 3 is 2.12 bits per heavy atom. The van der Waals surface area contributed by atoms with E-state index in [1.54, 1.807) is 50.1 Å². The lowest BCUT2D eigenvalue weighted by Crippen LogP contribution is -2.56. The number of esters is 1. The average Bonchev–Trinajstić information content (AvgIpc) is 3.47. The number of carbonyl (C=O) groups excluding carboxylic acids is 3. The molecule has 0 aliphatic carbocycles. The highest BCUT2D eigenvalue weighted by Crippen LogP contribution is 2.47. The molecule has 40 heavy (non-hydrogen) atoms. The SMILES string of the molecule is CC(C)CNC(=O)C1=C[C@@](CC(C)C)(C(=O)OC(C)(C)C)N(C(=O)c2ccc(C(C)(C)C)cc2)[C@H]1c1nccs1. The van der Waals surface area contributed by atoms with Crippen molar-refractivity contribution in [2.45, 2.75) is 98.3 Å². The van der Waals surface area contributed by atoms with E-state index in [9.17, 15) is 14.4 Å². The molecular weight excluding hydrogens is 522 g/mol. The van der Waals surface area contributed by atoms with E-state index in [0.29, 0.717) is 22.7 Å². The Kier molecular flexibility index (Phi) is 9.34. The number of ether oxygens (including phenoxy) is 1. The van der Waals surface area contributed by atoms with Crippen LogP contribution in [0.2, 0.25) is 0 Å². The lowest BCUT2D eigenvalue weighted by Gasteiger charge is -2.41. The number of nitrogens with zero attached hydrogens (tertiary/aromatic N) is 2. The Hall–Kier alpha value is -3.00. The zero-order valence-corrected chi connectivity index (χ0v) is 26.4. The van der Waals surface area contributed by atoms with Crippen LogP contribution in [0.25, 0.3) is 0 Å². The van der Waals surface area contributed by atoms with Gasteiger partial charge in [-0.1, -0.05) is 60.6 Å². The fourth-order valence-electron chi connectivity index (χ4n) is 4.91. The first-order valence-electron chi connectivity index (χ1n) is 14.0. The third-order valence-electron chi connectivity index (χ3n) is 6.68. The van der Waals surface area contributed by atoms with Gasteiger partial charge in [-0.25, -0.2) is 9.78 Å². The van der Waals surface area contributed by atoms with Gasteiger partial charge < -0.3 is 15.0 Å². The zero-order chi connectivity index (χ0) is 30.0. The summed E-state index contributed by atoms with van der Waals surface area (Å²) >= 11 is 1.35. The Bertz CT molecular complexity index is 1230. The molecule has 2 aromatic rings. The molecule has 1 aromatic heterocycles. The van der Waals surface area contributed by atoms with Crippen LogP contribution in [-0.4, -0.2) is 45.4 Å². The summed E-state index contributed by atoms with van der Waals surface area (Å²) in [6.45, 7) is 20.2. The molecule has 7 nitrogen and oxygen atoms in total. The summed E-state index contributed by atoms with van der Waals surface area (Å²) in [5.41, 5.74) is -0.515. The predicted molar refractivity (Wildman–Crippen MR) is 160 cm³/mol. The van der Waals surface area contributed by atoms with Gasteiger partial charge >= 0.3 is 5.97 Å². The van der Waals surface area contributed by atoms with Gasteiger partial charge in [0.05, 0.1) is 0 Å². The van der Waals surface area contributed by atoms with Gasteiger partial charge in [-0.2, -0.15) is 0 Å². The summed E-state index contributed by atoms with van der Waals surface area (Å²) in [6, 6.07) is 6.65. The quantitative estimate of drug-likeness (QED) is 0.370. The molecule has 0 saturated carbocycles. The second kappa shape index (κ2) is 11.9. The smallest absolute Gasteiger partial charge is 0.336 e. The summed E-state index contributed by atoms with van der Waals surface area (Å²) in [6.07, 6.45) is 3.61. The Labute approximate surface area is 243 Å². The van der Waals surface area contributed by atoms with Crippen LogP contribution >= 0.6 is 11.3 Å². The van der Waals surface area contributed by atoms with E-state index in [2.05, 4.69) is 31.1 Å². The minimum atomic E-state index is -1.50. The number of aromatic nitrogens is 1. The highest BCUT2D eigenvalue weighted by atomic mass is 32.1. The summed E-state index contributed by atoms with van der Waals surface area (Å²) in [4.78, 5) is 48.5. The number of carbonyl (C=O) groups is 3. The molecular formula is C32H45N3O4S. The van der Waals surface area contributed by atoms with Gasteiger partial charge in [-0.15, -0.1) is 11.3 Å². The Balaban J connectivity index is 2.26. The van der Waals surface area contributed by atoms with E-state index in [-0.39, 0.29) is 35.5 Å². The van der Waals surface area contributed by atoms with Gasteiger partial charge in [-0.3, -0.25) is 9.59 Å². The fraction of sp³-hybridized carbons (Fsp3) is 0.562. The lowest BCUT2D eigenvalue weighted by molar-refractivity contribution is -0.166. The van der Waals surface area contributed by atoms with Crippen molar-refractivity contribution in [1.82, 2.24) is 15.2 Å². The van der Waals surface area contributed by atoms with Crippen LogP contribution in [0, 0.1) is 11.8 Å². The molecule has 3 rings (SSSR count). The molecule has 2 atom stereocenters. The molecule has 0 bridgehead atoms. The normalized spacial score (nSPS) is 19.6. The minimum Gasteiger partial charge on any atom is -0.458 e. The van der Waals surface area contributed by atoms with E-state index in [1.165, 1.54) is 11.3 Å². The molecule has 1 aromatic carbocycles. The van der Waals surface area contributed by atoms with Crippen molar-refractivity contribution in [2.24, 2.45) is 11.8 Å². The van der Waals surface area contributed by atoms with Crippen LogP contribution in [0.1, 0.15) is 103 Å². The molecule has 0 unspecified atom stereocenters. The van der Waals surface area contributed by atoms with E-state index < -0.39 is 23.2 Å². The summed E-state index contributed by atoms with van der Waals surface area (Å²) in [5, 5.41) is 5.38. The second-order valence-corrected chi connectivity index (χ2v) is 14.4. The molecule has 0 radical (unpaired) electrons. The van der Waals surface area contributed by atoms with Crippen molar-refractivity contribution < 1.29 is 19.1 Å². The van der Waals surface area contributed by atoms with Crippen LogP contribution in [0.15, 0.2) is 47.5 Å². The highest BCUT2D eigenvalue weighted by molar-refractivity contribution is 7.09. The first-order valence-corrected chi connectivity index (χ1v) is 14.9. The second-order valence-electron chi connectivity index (χ2n) is 13.5. The van der Waals surface area contributed by atoms with Crippen LogP contribution in [0.4, 0.5) is 0 Å². The van der Waals surface area contributed by atoms with E-state index in [1.807, 2.05) is 45.2 Å². The van der Waals surface area contributed by atoms with Crippen molar-refractivity contribution in [3.05, 3.63) is 63.6 Å². The number of thiazole rings is 1. The fourth-order valence-corrected chi connectivity index (χ4v) is 5.66. The molecule has 8 heteroatoms. The monoisotopic (exact) mass is 567 g/mol. The zero-order valence-electron chi connectivity index (χ0n) is 25.6. The molecule has 0 fully saturated rings. The van der Waals surface area contributed by atoms with Crippen molar-refractivity contribution in [2.75, 3.05) is 6.54 Å². The highest BCUT2D eigenvalue weighted by Gasteiger charge is 2.57. The Morgan fingerprint density at radius 2 is 1.65 bits per heavy atom. The van der Waals surface area contributed by atoms with Gasteiger partial charge in [0.2, 0.25) is 5.91 Å². The number of rotatable bonds is 8. The summed E-state index contributed by atoms with van der Waals surface area (Å²) in [5.74, 6) is -0.979. The van der Waals surface area contributed by atoms with E-state index >= 15 is 0 Å². The number of nitrogens with one attached hydrogen (secondary N) is 1. The molecule has 1 N–H and O–H groups in total. The standard InChI is InChI=1S/C32H45N3O4S/c1-20(2)17-32(29(38)39-31(8,9)10)18-24(26(36)34-19-21(3)4)25(27-33-15-16-40-27)35(32)28(37)22-11-13-23(14-12-22)30(5,6)7/h11-16,18,20-21,25H,17,19H2,1-10H3,(H,34,36)/t25-,32+/m1/s1. The van der Waals surface area contributed by atoms with Crippen LogP contribution < -0.4 is 5.32 Å². The van der Waals surface area contributed by atoms with Crippen LogP contribution in [-0.2, 0) is 19.7 Å². The third-order valence-corrected chi connectivity index (χ3v) is 7.51. The summed E-state index contributed by atoms with van der Waals surface area (Å²) < 4.78 is 5.97. The molecule has 2 amide bonds. The van der Waals surface area contributed by atoms with Gasteiger partial charge in [0.1, 0.15) is 16.7 Å². The van der Waals surface area contributed by atoms with Gasteiger partial charge in [0.15, 0.2) is 5.54 Å². The van der Waals surface area contributed by atoms with Crippen molar-refractivity contribution in [1.29, 1.82) is 0 Å².